The largest absolute Gasteiger partial charge is 0.484 e. The van der Waals surface area contributed by atoms with Gasteiger partial charge in [0.05, 0.1) is 17.7 Å². The zero-order chi connectivity index (χ0) is 16.8. The van der Waals surface area contributed by atoms with Crippen molar-refractivity contribution in [2.75, 3.05) is 6.61 Å². The molecular formula is C17H14F2N2O2. The standard InChI is InChI=1S/C17H14F2N2O2/c1-11(13-4-7-15(18)16(19)8-13)21-17(22)10-23-14-5-2-12(9-20)3-6-14/h2-8,11H,10H2,1H3,(H,21,22). The van der Waals surface area contributed by atoms with Gasteiger partial charge in [-0.1, -0.05) is 6.07 Å². The highest BCUT2D eigenvalue weighted by molar-refractivity contribution is 5.78. The van der Waals surface area contributed by atoms with Crippen LogP contribution in [-0.4, -0.2) is 12.5 Å². The van der Waals surface area contributed by atoms with E-state index in [0.717, 1.165) is 12.1 Å². The molecule has 1 amide bonds. The molecule has 0 aliphatic rings. The molecule has 0 aromatic heterocycles. The number of rotatable bonds is 5. The van der Waals surface area contributed by atoms with Crippen LogP contribution in [0.1, 0.15) is 24.1 Å². The summed E-state index contributed by atoms with van der Waals surface area (Å²) in [6.45, 7) is 1.44. The second-order valence-corrected chi connectivity index (χ2v) is 4.89. The predicted molar refractivity (Wildman–Crippen MR) is 79.6 cm³/mol. The summed E-state index contributed by atoms with van der Waals surface area (Å²) in [4.78, 5) is 11.8. The van der Waals surface area contributed by atoms with E-state index in [1.54, 1.807) is 31.2 Å². The Labute approximate surface area is 132 Å². The van der Waals surface area contributed by atoms with E-state index >= 15 is 0 Å². The number of nitriles is 1. The van der Waals surface area contributed by atoms with E-state index in [4.69, 9.17) is 10.00 Å². The van der Waals surface area contributed by atoms with Crippen LogP contribution in [-0.2, 0) is 4.79 Å². The summed E-state index contributed by atoms with van der Waals surface area (Å²) >= 11 is 0. The number of ether oxygens (including phenoxy) is 1. The highest BCUT2D eigenvalue weighted by atomic mass is 19.2. The Hall–Kier alpha value is -2.94. The number of amides is 1. The minimum atomic E-state index is -0.961. The molecule has 0 bridgehead atoms. The molecule has 4 nitrogen and oxygen atoms in total. The molecule has 0 spiro atoms. The normalized spacial score (nSPS) is 11.4. The van der Waals surface area contributed by atoms with Crippen molar-refractivity contribution >= 4 is 5.91 Å². The van der Waals surface area contributed by atoms with E-state index in [1.165, 1.54) is 6.07 Å². The maximum absolute atomic E-state index is 13.2. The van der Waals surface area contributed by atoms with E-state index in [-0.39, 0.29) is 6.61 Å². The molecule has 0 aliphatic carbocycles. The quantitative estimate of drug-likeness (QED) is 0.922. The first-order valence-corrected chi connectivity index (χ1v) is 6.87. The van der Waals surface area contributed by atoms with Gasteiger partial charge in [-0.2, -0.15) is 5.26 Å². The van der Waals surface area contributed by atoms with Crippen LogP contribution >= 0.6 is 0 Å². The third kappa shape index (κ3) is 4.51. The highest BCUT2D eigenvalue weighted by Gasteiger charge is 2.12. The van der Waals surface area contributed by atoms with E-state index in [2.05, 4.69) is 5.32 Å². The summed E-state index contributed by atoms with van der Waals surface area (Å²) in [7, 11) is 0. The number of nitrogens with zero attached hydrogens (tertiary/aromatic N) is 1. The molecule has 1 N–H and O–H groups in total. The molecule has 0 saturated carbocycles. The highest BCUT2D eigenvalue weighted by Crippen LogP contribution is 2.16. The third-order valence-corrected chi connectivity index (χ3v) is 3.17. The zero-order valence-corrected chi connectivity index (χ0v) is 12.3. The second kappa shape index (κ2) is 7.36. The van der Waals surface area contributed by atoms with Crippen molar-refractivity contribution in [3.63, 3.8) is 0 Å². The Balaban J connectivity index is 1.88. The van der Waals surface area contributed by atoms with Crippen LogP contribution < -0.4 is 10.1 Å². The van der Waals surface area contributed by atoms with Crippen LogP contribution in [0.2, 0.25) is 0 Å². The summed E-state index contributed by atoms with van der Waals surface area (Å²) in [6.07, 6.45) is 0. The van der Waals surface area contributed by atoms with Crippen LogP contribution in [0.15, 0.2) is 42.5 Å². The maximum Gasteiger partial charge on any atom is 0.258 e. The molecular weight excluding hydrogens is 302 g/mol. The number of hydrogen-bond acceptors (Lipinski definition) is 3. The molecule has 2 aromatic carbocycles. The third-order valence-electron chi connectivity index (χ3n) is 3.17. The fourth-order valence-corrected chi connectivity index (χ4v) is 1.92. The molecule has 6 heteroatoms. The molecule has 0 radical (unpaired) electrons. The van der Waals surface area contributed by atoms with Crippen LogP contribution in [0.25, 0.3) is 0 Å². The molecule has 23 heavy (non-hydrogen) atoms. The van der Waals surface area contributed by atoms with Crippen LogP contribution in [0.5, 0.6) is 5.75 Å². The van der Waals surface area contributed by atoms with Crippen molar-refractivity contribution in [1.29, 1.82) is 5.26 Å². The van der Waals surface area contributed by atoms with Gasteiger partial charge in [-0.3, -0.25) is 4.79 Å². The van der Waals surface area contributed by atoms with Crippen molar-refractivity contribution < 1.29 is 18.3 Å². The van der Waals surface area contributed by atoms with Gasteiger partial charge in [0.25, 0.3) is 5.91 Å². The fraction of sp³-hybridized carbons (Fsp3) is 0.176. The summed E-state index contributed by atoms with van der Waals surface area (Å²) < 4.78 is 31.3. The predicted octanol–water partition coefficient (Wildman–Crippen LogP) is 3.09. The first kappa shape index (κ1) is 16.4. The lowest BCUT2D eigenvalue weighted by Gasteiger charge is -2.15. The van der Waals surface area contributed by atoms with Crippen molar-refractivity contribution in [2.24, 2.45) is 0 Å². The fourth-order valence-electron chi connectivity index (χ4n) is 1.92. The van der Waals surface area contributed by atoms with Gasteiger partial charge in [-0.25, -0.2) is 8.78 Å². The summed E-state index contributed by atoms with van der Waals surface area (Å²) in [5, 5.41) is 11.3. The van der Waals surface area contributed by atoms with Crippen molar-refractivity contribution in [3.8, 4) is 11.8 Å². The van der Waals surface area contributed by atoms with Gasteiger partial charge < -0.3 is 10.1 Å². The summed E-state index contributed by atoms with van der Waals surface area (Å²) in [5.41, 5.74) is 0.949. The molecule has 0 fully saturated rings. The molecule has 0 saturated heterocycles. The molecule has 2 aromatic rings. The monoisotopic (exact) mass is 316 g/mol. The molecule has 2 rings (SSSR count). The first-order valence-electron chi connectivity index (χ1n) is 6.87. The Morgan fingerprint density at radius 3 is 2.52 bits per heavy atom. The SMILES string of the molecule is CC(NC(=O)COc1ccc(C#N)cc1)c1ccc(F)c(F)c1. The first-order chi connectivity index (χ1) is 11.0. The number of carbonyl (C=O) groups excluding carboxylic acids is 1. The van der Waals surface area contributed by atoms with E-state index in [0.29, 0.717) is 16.9 Å². The number of hydrogen-bond donors (Lipinski definition) is 1. The van der Waals surface area contributed by atoms with Gasteiger partial charge in [0.15, 0.2) is 18.2 Å². The smallest absolute Gasteiger partial charge is 0.258 e. The van der Waals surface area contributed by atoms with Crippen LogP contribution in [0, 0.1) is 23.0 Å². The zero-order valence-electron chi connectivity index (χ0n) is 12.3. The van der Waals surface area contributed by atoms with E-state index < -0.39 is 23.6 Å². The lowest BCUT2D eigenvalue weighted by molar-refractivity contribution is -0.123. The van der Waals surface area contributed by atoms with E-state index in [9.17, 15) is 13.6 Å². The van der Waals surface area contributed by atoms with E-state index in [1.807, 2.05) is 6.07 Å². The molecule has 0 heterocycles. The van der Waals surface area contributed by atoms with Gasteiger partial charge in [-0.05, 0) is 48.9 Å². The average molecular weight is 316 g/mol. The summed E-state index contributed by atoms with van der Waals surface area (Å²) in [5.74, 6) is -1.83. The lowest BCUT2D eigenvalue weighted by Crippen LogP contribution is -2.31. The molecule has 1 atom stereocenters. The van der Waals surface area contributed by atoms with Gasteiger partial charge in [0.2, 0.25) is 0 Å². The van der Waals surface area contributed by atoms with Gasteiger partial charge in [0.1, 0.15) is 5.75 Å². The maximum atomic E-state index is 13.2. The van der Waals surface area contributed by atoms with Gasteiger partial charge in [-0.15, -0.1) is 0 Å². The molecule has 118 valence electrons. The second-order valence-electron chi connectivity index (χ2n) is 4.89. The Kier molecular flexibility index (Phi) is 5.26. The lowest BCUT2D eigenvalue weighted by atomic mass is 10.1. The number of benzene rings is 2. The number of halogens is 2. The average Bonchev–Trinajstić information content (AvgIpc) is 2.55. The van der Waals surface area contributed by atoms with Crippen molar-refractivity contribution in [3.05, 3.63) is 65.2 Å². The van der Waals surface area contributed by atoms with Crippen LogP contribution in [0.3, 0.4) is 0 Å². The Morgan fingerprint density at radius 2 is 1.91 bits per heavy atom. The van der Waals surface area contributed by atoms with Crippen LogP contribution in [0.4, 0.5) is 8.78 Å². The van der Waals surface area contributed by atoms with Gasteiger partial charge >= 0.3 is 0 Å². The summed E-state index contributed by atoms with van der Waals surface area (Å²) in [6, 6.07) is 11.3. The van der Waals surface area contributed by atoms with Crippen molar-refractivity contribution in [1.82, 2.24) is 5.32 Å². The Bertz CT molecular complexity index is 739. The minimum Gasteiger partial charge on any atom is -0.484 e. The minimum absolute atomic E-state index is 0.222. The number of nitrogens with one attached hydrogen (secondary N) is 1. The molecule has 1 unspecified atom stereocenters. The topological polar surface area (TPSA) is 62.1 Å². The van der Waals surface area contributed by atoms with Gasteiger partial charge in [0, 0.05) is 0 Å². The molecule has 0 aliphatic heterocycles. The Morgan fingerprint density at radius 1 is 1.22 bits per heavy atom. The number of carbonyl (C=O) groups is 1. The van der Waals surface area contributed by atoms with Crippen molar-refractivity contribution in [2.45, 2.75) is 13.0 Å².